The topological polar surface area (TPSA) is 55.4 Å². The minimum Gasteiger partial charge on any atom is -0.467 e. The van der Waals surface area contributed by atoms with Gasteiger partial charge in [0.15, 0.2) is 0 Å². The lowest BCUT2D eigenvalue weighted by molar-refractivity contribution is -0.144. The highest BCUT2D eigenvalue weighted by atomic mass is 16.5. The Labute approximate surface area is 98.8 Å². The molecule has 0 fully saturated rings. The van der Waals surface area contributed by atoms with E-state index in [9.17, 15) is 9.59 Å². The van der Waals surface area contributed by atoms with Crippen molar-refractivity contribution in [2.75, 3.05) is 7.11 Å². The van der Waals surface area contributed by atoms with E-state index in [0.29, 0.717) is 0 Å². The van der Waals surface area contributed by atoms with E-state index in [2.05, 4.69) is 4.74 Å². The van der Waals surface area contributed by atoms with Crippen molar-refractivity contribution in [2.45, 2.75) is 19.3 Å². The summed E-state index contributed by atoms with van der Waals surface area (Å²) in [6.45, 7) is 1.10. The number of rotatable bonds is 4. The molecule has 86 valence electrons. The van der Waals surface area contributed by atoms with Gasteiger partial charge in [-0.05, 0) is 5.56 Å². The zero-order valence-corrected chi connectivity index (χ0v) is 9.11. The van der Waals surface area contributed by atoms with Crippen LogP contribution in [0.4, 0.5) is 0 Å². The highest BCUT2D eigenvalue weighted by Gasteiger charge is 2.20. The van der Waals surface area contributed by atoms with Crippen molar-refractivity contribution in [2.24, 2.45) is 0 Å². The first-order valence-corrected chi connectivity index (χ1v) is 4.68. The molecule has 0 radical (unpaired) electrons. The van der Waals surface area contributed by atoms with Crippen LogP contribution in [0.2, 0.25) is 0 Å². The summed E-state index contributed by atoms with van der Waals surface area (Å²) in [5, 5.41) is 2.02. The third-order valence-corrected chi connectivity index (χ3v) is 1.73. The van der Waals surface area contributed by atoms with Crippen molar-refractivity contribution in [3.05, 3.63) is 35.9 Å². The maximum Gasteiger partial charge on any atom is 0.328 e. The molecule has 0 saturated heterocycles. The molecule has 1 aromatic carbocycles. The summed E-state index contributed by atoms with van der Waals surface area (Å²) in [5.41, 5.74) is 0.101. The van der Waals surface area contributed by atoms with Crippen LogP contribution in [-0.4, -0.2) is 25.0 Å². The first-order valence-electron chi connectivity index (χ1n) is 6.18. The SMILES string of the molecule is [2H]C([2H])(c1ccccc1)[C@@]([2H])(NC(C)=O)C(=O)OC. The van der Waals surface area contributed by atoms with Gasteiger partial charge in [-0.25, -0.2) is 4.79 Å². The second-order valence-electron chi connectivity index (χ2n) is 3.04. The molecule has 1 atom stereocenters. The smallest absolute Gasteiger partial charge is 0.328 e. The molecule has 4 nitrogen and oxygen atoms in total. The van der Waals surface area contributed by atoms with E-state index in [1.165, 1.54) is 12.1 Å². The number of esters is 1. The highest BCUT2D eigenvalue weighted by molar-refractivity contribution is 5.83. The fourth-order valence-corrected chi connectivity index (χ4v) is 1.08. The van der Waals surface area contributed by atoms with Crippen LogP contribution in [0, 0.1) is 0 Å². The van der Waals surface area contributed by atoms with Crippen LogP contribution >= 0.6 is 0 Å². The molecule has 1 N–H and O–H groups in total. The van der Waals surface area contributed by atoms with Crippen molar-refractivity contribution in [1.29, 1.82) is 0 Å². The zero-order valence-electron chi connectivity index (χ0n) is 12.1. The molecule has 0 aromatic heterocycles. The van der Waals surface area contributed by atoms with Gasteiger partial charge in [0, 0.05) is 16.0 Å². The second-order valence-corrected chi connectivity index (χ2v) is 3.04. The second kappa shape index (κ2) is 5.90. The molecule has 0 bridgehead atoms. The summed E-state index contributed by atoms with van der Waals surface area (Å²) >= 11 is 0. The Morgan fingerprint density at radius 1 is 1.50 bits per heavy atom. The van der Waals surface area contributed by atoms with Gasteiger partial charge in [-0.2, -0.15) is 0 Å². The number of carbonyl (C=O) groups excluding carboxylic acids is 2. The number of benzene rings is 1. The molecule has 0 heterocycles. The van der Waals surface area contributed by atoms with E-state index in [-0.39, 0.29) is 5.56 Å². The Bertz CT molecular complexity index is 478. The standard InChI is InChI=1S/C12H15NO3/c1-9(14)13-11(12(15)16-2)8-10-6-4-3-5-7-10/h3-7,11H,8H2,1-2H3,(H,13,14)/t11-/m1/s1/i8D2,11D. The Morgan fingerprint density at radius 3 is 2.62 bits per heavy atom. The predicted octanol–water partition coefficient (Wildman–Crippen LogP) is 0.907. The average Bonchev–Trinajstić information content (AvgIpc) is 2.37. The molecule has 0 spiro atoms. The molecule has 0 aliphatic rings. The van der Waals surface area contributed by atoms with E-state index in [0.717, 1.165) is 14.0 Å². The van der Waals surface area contributed by atoms with Gasteiger partial charge in [0.05, 0.1) is 8.48 Å². The van der Waals surface area contributed by atoms with Gasteiger partial charge >= 0.3 is 5.97 Å². The molecule has 4 heteroatoms. The number of carbonyl (C=O) groups is 2. The van der Waals surface area contributed by atoms with Crippen molar-refractivity contribution in [3.8, 4) is 0 Å². The number of nitrogens with one attached hydrogen (secondary N) is 1. The largest absolute Gasteiger partial charge is 0.467 e. The van der Waals surface area contributed by atoms with Crippen LogP contribution in [0.5, 0.6) is 0 Å². The average molecular weight is 224 g/mol. The zero-order chi connectivity index (χ0) is 14.7. The van der Waals surface area contributed by atoms with Crippen molar-refractivity contribution in [3.63, 3.8) is 0 Å². The fourth-order valence-electron chi connectivity index (χ4n) is 1.08. The molecule has 0 aliphatic heterocycles. The minimum absolute atomic E-state index is 0.101. The van der Waals surface area contributed by atoms with Gasteiger partial charge in [0.2, 0.25) is 5.91 Å². The van der Waals surface area contributed by atoms with E-state index >= 15 is 0 Å². The molecule has 1 amide bonds. The van der Waals surface area contributed by atoms with Crippen LogP contribution in [0.3, 0.4) is 0 Å². The van der Waals surface area contributed by atoms with E-state index < -0.39 is 24.3 Å². The van der Waals surface area contributed by atoms with Crippen molar-refractivity contribution in [1.82, 2.24) is 5.32 Å². The van der Waals surface area contributed by atoms with Crippen LogP contribution in [0.1, 0.15) is 16.6 Å². The number of amides is 1. The normalized spacial score (nSPS) is 17.2. The monoisotopic (exact) mass is 224 g/mol. The lowest BCUT2D eigenvalue weighted by Crippen LogP contribution is -2.41. The lowest BCUT2D eigenvalue weighted by Gasteiger charge is -2.15. The quantitative estimate of drug-likeness (QED) is 0.773. The molecular weight excluding hydrogens is 206 g/mol. The molecule has 1 aromatic rings. The van der Waals surface area contributed by atoms with Crippen molar-refractivity contribution < 1.29 is 18.4 Å². The van der Waals surface area contributed by atoms with Crippen LogP contribution < -0.4 is 5.32 Å². The Hall–Kier alpha value is -1.84. The fraction of sp³-hybridized carbons (Fsp3) is 0.333. The molecule has 0 saturated carbocycles. The van der Waals surface area contributed by atoms with Gasteiger partial charge in [0.1, 0.15) is 6.02 Å². The Kier molecular flexibility index (Phi) is 3.07. The van der Waals surface area contributed by atoms with Crippen LogP contribution in [0.15, 0.2) is 30.3 Å². The van der Waals surface area contributed by atoms with E-state index in [4.69, 9.17) is 4.11 Å². The Balaban J connectivity index is 3.31. The third kappa shape index (κ3) is 3.73. The summed E-state index contributed by atoms with van der Waals surface area (Å²) in [4.78, 5) is 22.9. The highest BCUT2D eigenvalue weighted by Crippen LogP contribution is 2.04. The van der Waals surface area contributed by atoms with Crippen LogP contribution in [0.25, 0.3) is 0 Å². The van der Waals surface area contributed by atoms with E-state index in [1.54, 1.807) is 18.2 Å². The van der Waals surface area contributed by atoms with E-state index in [1.807, 2.05) is 5.32 Å². The summed E-state index contributed by atoms with van der Waals surface area (Å²) in [6.07, 6.45) is -2.44. The minimum atomic E-state index is -2.55. The summed E-state index contributed by atoms with van der Waals surface area (Å²) in [5.74, 6) is -1.86. The molecule has 1 rings (SSSR count). The van der Waals surface area contributed by atoms with Gasteiger partial charge in [-0.1, -0.05) is 30.3 Å². The first-order chi connectivity index (χ1) is 8.75. The number of ether oxygens (including phenoxy) is 1. The molecular formula is C12H15NO3. The van der Waals surface area contributed by atoms with Crippen molar-refractivity contribution >= 4 is 11.9 Å². The first kappa shape index (κ1) is 8.33. The van der Waals surface area contributed by atoms with Gasteiger partial charge in [-0.15, -0.1) is 0 Å². The number of methoxy groups -OCH3 is 1. The maximum atomic E-state index is 11.7. The van der Waals surface area contributed by atoms with Gasteiger partial charge < -0.3 is 10.1 Å². The summed E-state index contributed by atoms with van der Waals surface area (Å²) < 4.78 is 28.5. The lowest BCUT2D eigenvalue weighted by atomic mass is 10.1. The van der Waals surface area contributed by atoms with Gasteiger partial charge in [0.25, 0.3) is 0 Å². The number of hydrogen-bond donors (Lipinski definition) is 1. The van der Waals surface area contributed by atoms with Gasteiger partial charge in [-0.3, -0.25) is 4.79 Å². The molecule has 0 aliphatic carbocycles. The van der Waals surface area contributed by atoms with Crippen LogP contribution in [-0.2, 0) is 20.7 Å². The maximum absolute atomic E-state index is 11.7. The summed E-state index contributed by atoms with van der Waals surface area (Å²) in [6, 6.07) is 5.18. The Morgan fingerprint density at radius 2 is 2.12 bits per heavy atom. The summed E-state index contributed by atoms with van der Waals surface area (Å²) in [7, 11) is 1.04. The molecule has 16 heavy (non-hydrogen) atoms. The number of hydrogen-bond acceptors (Lipinski definition) is 3. The predicted molar refractivity (Wildman–Crippen MR) is 59.8 cm³/mol. The molecule has 0 unspecified atom stereocenters. The third-order valence-electron chi connectivity index (χ3n) is 1.73.